The fourth-order valence-corrected chi connectivity index (χ4v) is 2.41. The Morgan fingerprint density at radius 2 is 2.14 bits per heavy atom. The van der Waals surface area contributed by atoms with E-state index in [1.807, 2.05) is 6.08 Å². The summed E-state index contributed by atoms with van der Waals surface area (Å²) in [5.41, 5.74) is 2.83. The predicted molar refractivity (Wildman–Crippen MR) is 85.4 cm³/mol. The first-order chi connectivity index (χ1) is 9.96. The molecule has 0 aromatic rings. The normalized spacial score (nSPS) is 16.5. The molecule has 0 saturated carbocycles. The molecule has 1 N–H and O–H groups in total. The van der Waals surface area contributed by atoms with Crippen LogP contribution in [0.15, 0.2) is 35.6 Å². The summed E-state index contributed by atoms with van der Waals surface area (Å²) in [6, 6.07) is 0. The maximum absolute atomic E-state index is 11.5. The highest BCUT2D eigenvalue weighted by Gasteiger charge is 2.13. The van der Waals surface area contributed by atoms with Gasteiger partial charge in [-0.25, -0.2) is 0 Å². The fourth-order valence-electron chi connectivity index (χ4n) is 2.41. The molecular weight excluding hydrogens is 264 g/mol. The zero-order chi connectivity index (χ0) is 15.8. The SMILES string of the molecule is CCC1=C(CC(/C=C\C(=O)NC(C)=O)CC)C=CN(C)C1. The van der Waals surface area contributed by atoms with Gasteiger partial charge in [-0.2, -0.15) is 0 Å². The third-order valence-electron chi connectivity index (χ3n) is 3.68. The Bertz CT molecular complexity index is 475. The molecule has 0 aromatic heterocycles. The van der Waals surface area contributed by atoms with Gasteiger partial charge in [0, 0.05) is 20.5 Å². The smallest absolute Gasteiger partial charge is 0.250 e. The summed E-state index contributed by atoms with van der Waals surface area (Å²) in [6.45, 7) is 6.61. The first-order valence-corrected chi connectivity index (χ1v) is 7.55. The van der Waals surface area contributed by atoms with Crippen molar-refractivity contribution in [3.63, 3.8) is 0 Å². The lowest BCUT2D eigenvalue weighted by molar-refractivity contribution is -0.126. The highest BCUT2D eigenvalue weighted by molar-refractivity contribution is 5.99. The van der Waals surface area contributed by atoms with Crippen molar-refractivity contribution in [1.29, 1.82) is 0 Å². The van der Waals surface area contributed by atoms with E-state index in [1.165, 1.54) is 24.1 Å². The molecule has 2 amide bonds. The maximum Gasteiger partial charge on any atom is 0.250 e. The fraction of sp³-hybridized carbons (Fsp3) is 0.529. The van der Waals surface area contributed by atoms with E-state index >= 15 is 0 Å². The van der Waals surface area contributed by atoms with Crippen LogP contribution in [-0.4, -0.2) is 30.3 Å². The van der Waals surface area contributed by atoms with Crippen molar-refractivity contribution in [3.05, 3.63) is 35.6 Å². The van der Waals surface area contributed by atoms with Crippen LogP contribution in [0.4, 0.5) is 0 Å². The summed E-state index contributed by atoms with van der Waals surface area (Å²) < 4.78 is 0. The second kappa shape index (κ2) is 8.45. The topological polar surface area (TPSA) is 49.4 Å². The zero-order valence-corrected chi connectivity index (χ0v) is 13.5. The van der Waals surface area contributed by atoms with E-state index < -0.39 is 0 Å². The van der Waals surface area contributed by atoms with E-state index in [0.29, 0.717) is 5.92 Å². The number of hydrogen-bond acceptors (Lipinski definition) is 3. The molecule has 4 heteroatoms. The van der Waals surface area contributed by atoms with Crippen LogP contribution in [0.3, 0.4) is 0 Å². The van der Waals surface area contributed by atoms with Crippen molar-refractivity contribution in [2.45, 2.75) is 40.0 Å². The van der Waals surface area contributed by atoms with Crippen LogP contribution in [0.1, 0.15) is 40.0 Å². The van der Waals surface area contributed by atoms with Gasteiger partial charge in [0.25, 0.3) is 0 Å². The number of imide groups is 1. The quantitative estimate of drug-likeness (QED) is 0.765. The summed E-state index contributed by atoms with van der Waals surface area (Å²) in [5.74, 6) is -0.358. The molecule has 1 rings (SSSR count). The molecule has 1 atom stereocenters. The molecule has 0 bridgehead atoms. The molecule has 4 nitrogen and oxygen atoms in total. The molecule has 1 heterocycles. The molecule has 0 aliphatic carbocycles. The van der Waals surface area contributed by atoms with Gasteiger partial charge in [0.1, 0.15) is 0 Å². The Labute approximate surface area is 127 Å². The Morgan fingerprint density at radius 1 is 1.43 bits per heavy atom. The van der Waals surface area contributed by atoms with Gasteiger partial charge in [0.05, 0.1) is 0 Å². The molecule has 1 unspecified atom stereocenters. The second-order valence-electron chi connectivity index (χ2n) is 5.49. The molecular formula is C17H26N2O2. The number of carbonyl (C=O) groups excluding carboxylic acids is 2. The largest absolute Gasteiger partial charge is 0.376 e. The number of nitrogens with one attached hydrogen (secondary N) is 1. The van der Waals surface area contributed by atoms with Gasteiger partial charge in [0.15, 0.2) is 0 Å². The van der Waals surface area contributed by atoms with Gasteiger partial charge in [-0.15, -0.1) is 0 Å². The summed E-state index contributed by atoms with van der Waals surface area (Å²) in [7, 11) is 2.08. The minimum absolute atomic E-state index is 0.312. The van der Waals surface area contributed by atoms with Crippen molar-refractivity contribution >= 4 is 11.8 Å². The van der Waals surface area contributed by atoms with Crippen molar-refractivity contribution < 1.29 is 9.59 Å². The molecule has 21 heavy (non-hydrogen) atoms. The van der Waals surface area contributed by atoms with Gasteiger partial charge in [-0.3, -0.25) is 14.9 Å². The molecule has 0 aromatic carbocycles. The zero-order valence-electron chi connectivity index (χ0n) is 13.5. The van der Waals surface area contributed by atoms with E-state index in [2.05, 4.69) is 43.4 Å². The summed E-state index contributed by atoms with van der Waals surface area (Å²) in [6.07, 6.45) is 10.6. The minimum atomic E-state index is -0.343. The average Bonchev–Trinajstić information content (AvgIpc) is 2.43. The standard InChI is InChI=1S/C17H26N2O2/c1-5-14(7-8-17(21)18-13(3)20)11-16-9-10-19(4)12-15(16)6-2/h7-10,14H,5-6,11-12H2,1-4H3,(H,18,20,21)/b8-7-. The van der Waals surface area contributed by atoms with E-state index in [0.717, 1.165) is 25.8 Å². The van der Waals surface area contributed by atoms with Crippen LogP contribution < -0.4 is 5.32 Å². The Kier molecular flexibility index (Phi) is 6.92. The number of likely N-dealkylation sites (N-methyl/N-ethyl adjacent to an activating group) is 1. The highest BCUT2D eigenvalue weighted by Crippen LogP contribution is 2.25. The molecule has 1 aliphatic rings. The van der Waals surface area contributed by atoms with E-state index in [-0.39, 0.29) is 11.8 Å². The first-order valence-electron chi connectivity index (χ1n) is 7.55. The molecule has 116 valence electrons. The van der Waals surface area contributed by atoms with Crippen LogP contribution in [0.25, 0.3) is 0 Å². The average molecular weight is 290 g/mol. The molecule has 1 aliphatic heterocycles. The Balaban J connectivity index is 2.69. The van der Waals surface area contributed by atoms with Crippen LogP contribution in [-0.2, 0) is 9.59 Å². The Hall–Kier alpha value is -1.84. The van der Waals surface area contributed by atoms with E-state index in [4.69, 9.17) is 0 Å². The number of hydrogen-bond donors (Lipinski definition) is 1. The third-order valence-corrected chi connectivity index (χ3v) is 3.68. The Morgan fingerprint density at radius 3 is 2.71 bits per heavy atom. The lowest BCUT2D eigenvalue weighted by Gasteiger charge is -2.25. The van der Waals surface area contributed by atoms with Gasteiger partial charge in [-0.1, -0.05) is 19.9 Å². The summed E-state index contributed by atoms with van der Waals surface area (Å²) in [4.78, 5) is 24.5. The summed E-state index contributed by atoms with van der Waals surface area (Å²) >= 11 is 0. The molecule has 0 spiro atoms. The van der Waals surface area contributed by atoms with Crippen molar-refractivity contribution in [3.8, 4) is 0 Å². The minimum Gasteiger partial charge on any atom is -0.376 e. The van der Waals surface area contributed by atoms with Gasteiger partial charge < -0.3 is 4.90 Å². The van der Waals surface area contributed by atoms with E-state index in [9.17, 15) is 9.59 Å². The van der Waals surface area contributed by atoms with E-state index in [1.54, 1.807) is 0 Å². The number of carbonyl (C=O) groups is 2. The molecule has 0 fully saturated rings. The van der Waals surface area contributed by atoms with Crippen molar-refractivity contribution in [2.24, 2.45) is 5.92 Å². The van der Waals surface area contributed by atoms with Crippen LogP contribution >= 0.6 is 0 Å². The van der Waals surface area contributed by atoms with Crippen molar-refractivity contribution in [2.75, 3.05) is 13.6 Å². The van der Waals surface area contributed by atoms with Gasteiger partial charge in [-0.05, 0) is 54.7 Å². The second-order valence-corrected chi connectivity index (χ2v) is 5.49. The predicted octanol–water partition coefficient (Wildman–Crippen LogP) is 2.79. The van der Waals surface area contributed by atoms with Crippen LogP contribution in [0, 0.1) is 5.92 Å². The molecule has 0 radical (unpaired) electrons. The molecule has 0 saturated heterocycles. The number of rotatable bonds is 6. The first kappa shape index (κ1) is 17.2. The number of amides is 2. The lowest BCUT2D eigenvalue weighted by atomic mass is 9.91. The van der Waals surface area contributed by atoms with Crippen LogP contribution in [0.2, 0.25) is 0 Å². The lowest BCUT2D eigenvalue weighted by Crippen LogP contribution is -2.26. The summed E-state index contributed by atoms with van der Waals surface area (Å²) in [5, 5.41) is 2.25. The highest BCUT2D eigenvalue weighted by atomic mass is 16.2. The number of allylic oxidation sites excluding steroid dienone is 3. The third kappa shape index (κ3) is 5.98. The maximum atomic E-state index is 11.5. The van der Waals surface area contributed by atoms with Gasteiger partial charge in [0.2, 0.25) is 11.8 Å². The van der Waals surface area contributed by atoms with Crippen LogP contribution in [0.5, 0.6) is 0 Å². The van der Waals surface area contributed by atoms with Gasteiger partial charge >= 0.3 is 0 Å². The monoisotopic (exact) mass is 290 g/mol. The number of nitrogens with zero attached hydrogens (tertiary/aromatic N) is 1. The van der Waals surface area contributed by atoms with Crippen molar-refractivity contribution in [1.82, 2.24) is 10.2 Å².